The van der Waals surface area contributed by atoms with Gasteiger partial charge in [-0.15, -0.1) is 0 Å². The lowest BCUT2D eigenvalue weighted by molar-refractivity contribution is -0.296. The third kappa shape index (κ3) is 11.8. The van der Waals surface area contributed by atoms with Crippen LogP contribution in [0.1, 0.15) is 73.3 Å². The molecule has 360 valence electrons. The number of amides is 1. The highest BCUT2D eigenvalue weighted by molar-refractivity contribution is 6.00. The first kappa shape index (κ1) is 50.5. The molecular formula is C49H74N6O10. The number of fused-ring (bicyclic) bond motifs is 2. The predicted octanol–water partition coefficient (Wildman–Crippen LogP) is 3.93. The van der Waals surface area contributed by atoms with Gasteiger partial charge in [0.1, 0.15) is 23.9 Å². The van der Waals surface area contributed by atoms with Crippen molar-refractivity contribution in [1.82, 2.24) is 30.3 Å². The van der Waals surface area contributed by atoms with Crippen molar-refractivity contribution < 1.29 is 48.0 Å². The number of carbonyl (C=O) groups is 4. The first-order valence-electron chi connectivity index (χ1n) is 23.5. The van der Waals surface area contributed by atoms with Gasteiger partial charge in [-0.3, -0.25) is 24.3 Å². The van der Waals surface area contributed by atoms with Crippen LogP contribution < -0.4 is 10.6 Å². The maximum absolute atomic E-state index is 15.3. The number of benzene rings is 1. The summed E-state index contributed by atoms with van der Waals surface area (Å²) < 4.78 is 32.1. The number of ether oxygens (including phenoxy) is 5. The number of nitrogens with zero attached hydrogens (tertiary/aromatic N) is 4. The monoisotopic (exact) mass is 907 g/mol. The number of hydrogen-bond donors (Lipinski definition) is 3. The molecule has 16 heteroatoms. The fraction of sp³-hybridized carbons (Fsp3) is 0.694. The average molecular weight is 907 g/mol. The van der Waals surface area contributed by atoms with Crippen LogP contribution in [0.2, 0.25) is 0 Å². The van der Waals surface area contributed by atoms with E-state index in [9.17, 15) is 19.5 Å². The number of ketones is 2. The number of aromatic nitrogens is 1. The molecule has 4 fully saturated rings. The summed E-state index contributed by atoms with van der Waals surface area (Å²) in [6.07, 6.45) is 0.999. The number of para-hydroxylation sites is 1. The number of aliphatic hydroxyl groups is 1. The van der Waals surface area contributed by atoms with Crippen molar-refractivity contribution in [2.24, 2.45) is 23.7 Å². The molecule has 1 aromatic carbocycles. The Bertz CT molecular complexity index is 1990. The molecule has 65 heavy (non-hydrogen) atoms. The van der Waals surface area contributed by atoms with E-state index in [1.807, 2.05) is 89.2 Å². The number of pyridine rings is 1. The molecule has 4 aliphatic heterocycles. The van der Waals surface area contributed by atoms with Crippen molar-refractivity contribution in [2.75, 3.05) is 73.6 Å². The second-order valence-corrected chi connectivity index (χ2v) is 19.5. The number of likely N-dealkylation sites (N-methyl/N-ethyl adjacent to an activating group) is 2. The highest BCUT2D eigenvalue weighted by atomic mass is 16.7. The van der Waals surface area contributed by atoms with Crippen LogP contribution in [-0.2, 0) is 38.1 Å². The van der Waals surface area contributed by atoms with Gasteiger partial charge in [0.2, 0.25) is 0 Å². The molecule has 0 unspecified atom stereocenters. The standard InChI is InChI=1S/C49H74N6O10/c1-11-39-49(7)43(52-47(60)65-49)36(29-50-18-19-55-22-20-54(10)21-23-55)40(56)30(2)27-48(6,61-24-14-15-34-26-35-16-12-13-17-37(35)51-28-34)44(32(4)41(57)33(5)45(59)63-39)64-46-42(58)38(53(8)9)25-31(3)62-46/h12-17,26,28,30-33,36,38-39,42-44,46,50,58H,11,18-25,27,29H2,1-10H3,(H,52,60)/b15-14+/t30-,31-,32+,33-,36+,38+,39-,42-,43-,44-,46+,48+,49-/m1/s1. The van der Waals surface area contributed by atoms with Crippen molar-refractivity contribution in [2.45, 2.75) is 122 Å². The molecule has 0 saturated carbocycles. The summed E-state index contributed by atoms with van der Waals surface area (Å²) in [5, 5.41) is 19.2. The smallest absolute Gasteiger partial charge is 0.408 e. The van der Waals surface area contributed by atoms with Crippen LogP contribution in [0, 0.1) is 23.7 Å². The molecule has 0 radical (unpaired) electrons. The number of rotatable bonds is 13. The SMILES string of the molecule is CC[C@H]1OC(=O)[C@H](C)C(=O)[C@H](C)[C@@H](O[C@@H]2O[C@H](C)C[C@H](N(C)C)[C@H]2O)[C@@](C)(OC/C=C/c2cnc3ccccc3c2)C[C@@H](C)C(=O)[C@H](CNCCN2CCN(C)CC2)[C@H]2NC(=O)O[C@@]21C. The van der Waals surface area contributed by atoms with E-state index in [1.165, 1.54) is 6.92 Å². The Hall–Kier alpha value is -3.87. The van der Waals surface area contributed by atoms with Gasteiger partial charge in [-0.05, 0) is 85.8 Å². The highest BCUT2D eigenvalue weighted by Crippen LogP contribution is 2.40. The van der Waals surface area contributed by atoms with Gasteiger partial charge in [0.25, 0.3) is 0 Å². The summed E-state index contributed by atoms with van der Waals surface area (Å²) in [6, 6.07) is 8.67. The summed E-state index contributed by atoms with van der Waals surface area (Å²) in [4.78, 5) is 68.6. The molecule has 4 aliphatic rings. The highest BCUT2D eigenvalue weighted by Gasteiger charge is 2.58. The molecule has 6 rings (SSSR count). The lowest BCUT2D eigenvalue weighted by Crippen LogP contribution is -2.61. The van der Waals surface area contributed by atoms with Crippen LogP contribution in [0.4, 0.5) is 4.79 Å². The summed E-state index contributed by atoms with van der Waals surface area (Å²) in [5.74, 6) is -5.27. The topological polar surface area (TPSA) is 181 Å². The molecule has 1 amide bonds. The Labute approximate surface area is 385 Å². The van der Waals surface area contributed by atoms with Gasteiger partial charge >= 0.3 is 12.1 Å². The quantitative estimate of drug-likeness (QED) is 0.149. The molecular weight excluding hydrogens is 833 g/mol. The second kappa shape index (κ2) is 21.8. The maximum Gasteiger partial charge on any atom is 0.408 e. The lowest BCUT2D eigenvalue weighted by atomic mass is 9.73. The minimum absolute atomic E-state index is 0.0491. The van der Waals surface area contributed by atoms with Crippen LogP contribution in [0.5, 0.6) is 0 Å². The third-order valence-electron chi connectivity index (χ3n) is 14.3. The van der Waals surface area contributed by atoms with E-state index in [2.05, 4.69) is 32.5 Å². The molecule has 2 aromatic rings. The van der Waals surface area contributed by atoms with E-state index in [0.29, 0.717) is 13.0 Å². The Morgan fingerprint density at radius 3 is 2.48 bits per heavy atom. The third-order valence-corrected chi connectivity index (χ3v) is 14.3. The van der Waals surface area contributed by atoms with Gasteiger partial charge in [0.05, 0.1) is 41.9 Å². The van der Waals surface area contributed by atoms with Crippen molar-refractivity contribution in [3.8, 4) is 0 Å². The molecule has 0 spiro atoms. The number of carbonyl (C=O) groups excluding carboxylic acids is 4. The van der Waals surface area contributed by atoms with Crippen molar-refractivity contribution in [3.05, 3.63) is 48.2 Å². The maximum atomic E-state index is 15.3. The van der Waals surface area contributed by atoms with Gasteiger partial charge < -0.3 is 49.2 Å². The van der Waals surface area contributed by atoms with Crippen LogP contribution in [0.15, 0.2) is 42.6 Å². The summed E-state index contributed by atoms with van der Waals surface area (Å²) in [6.45, 7) is 17.7. The molecule has 5 heterocycles. The minimum Gasteiger partial charge on any atom is -0.458 e. The number of alkyl carbamates (subject to hydrolysis) is 1. The zero-order valence-electron chi connectivity index (χ0n) is 40.2. The Kier molecular flexibility index (Phi) is 17.0. The fourth-order valence-electron chi connectivity index (χ4n) is 10.3. The van der Waals surface area contributed by atoms with Gasteiger partial charge in [-0.1, -0.05) is 51.1 Å². The summed E-state index contributed by atoms with van der Waals surface area (Å²) >= 11 is 0. The first-order valence-corrected chi connectivity index (χ1v) is 23.5. The number of Topliss-reactive ketones (excluding diaryl/α,β-unsaturated/α-hetero) is 2. The Balaban J connectivity index is 1.38. The van der Waals surface area contributed by atoms with Gasteiger partial charge in [0.15, 0.2) is 17.7 Å². The van der Waals surface area contributed by atoms with E-state index in [-0.39, 0.29) is 43.9 Å². The normalized spacial score (nSPS) is 36.1. The first-order chi connectivity index (χ1) is 30.8. The minimum atomic E-state index is -1.44. The van der Waals surface area contributed by atoms with E-state index < -0.39 is 83.4 Å². The number of cyclic esters (lactones) is 1. The number of aliphatic hydroxyl groups excluding tert-OH is 1. The molecule has 3 N–H and O–H groups in total. The number of nitrogens with one attached hydrogen (secondary N) is 2. The van der Waals surface area contributed by atoms with E-state index in [4.69, 9.17) is 23.7 Å². The molecule has 0 aliphatic carbocycles. The van der Waals surface area contributed by atoms with E-state index >= 15 is 4.79 Å². The molecule has 1 aromatic heterocycles. The zero-order chi connectivity index (χ0) is 47.2. The van der Waals surface area contributed by atoms with Crippen molar-refractivity contribution in [3.63, 3.8) is 0 Å². The molecule has 0 bridgehead atoms. The molecule has 16 nitrogen and oxygen atoms in total. The number of esters is 1. The largest absolute Gasteiger partial charge is 0.458 e. The van der Waals surface area contributed by atoms with Crippen molar-refractivity contribution >= 4 is 40.6 Å². The average Bonchev–Trinajstić information content (AvgIpc) is 3.59. The van der Waals surface area contributed by atoms with Crippen LogP contribution in [-0.4, -0.2) is 176 Å². The van der Waals surface area contributed by atoms with Gasteiger partial charge in [-0.2, -0.15) is 0 Å². The van der Waals surface area contributed by atoms with Crippen LogP contribution >= 0.6 is 0 Å². The fourth-order valence-corrected chi connectivity index (χ4v) is 10.3. The number of piperazine rings is 1. The van der Waals surface area contributed by atoms with Gasteiger partial charge in [-0.25, -0.2) is 4.79 Å². The lowest BCUT2D eigenvalue weighted by Gasteiger charge is -2.47. The van der Waals surface area contributed by atoms with E-state index in [1.54, 1.807) is 20.0 Å². The zero-order valence-corrected chi connectivity index (χ0v) is 40.2. The molecule has 4 saturated heterocycles. The Morgan fingerprint density at radius 2 is 1.77 bits per heavy atom. The van der Waals surface area contributed by atoms with Crippen LogP contribution in [0.25, 0.3) is 17.0 Å². The summed E-state index contributed by atoms with van der Waals surface area (Å²) in [5.41, 5.74) is -1.11. The van der Waals surface area contributed by atoms with Crippen molar-refractivity contribution in [1.29, 1.82) is 0 Å². The Morgan fingerprint density at radius 1 is 1.05 bits per heavy atom. The van der Waals surface area contributed by atoms with Crippen LogP contribution in [0.3, 0.4) is 0 Å². The van der Waals surface area contributed by atoms with E-state index in [0.717, 1.165) is 49.2 Å². The van der Waals surface area contributed by atoms with Gasteiger partial charge in [0, 0.05) is 75.3 Å². The number of hydrogen-bond acceptors (Lipinski definition) is 15. The summed E-state index contributed by atoms with van der Waals surface area (Å²) in [7, 11) is 5.88. The second-order valence-electron chi connectivity index (χ2n) is 19.5. The molecule has 13 atom stereocenters. The predicted molar refractivity (Wildman–Crippen MR) is 247 cm³/mol.